The number of phenolic OH excluding ortho intramolecular Hbond substituents is 1. The van der Waals surface area contributed by atoms with Crippen molar-refractivity contribution in [1.82, 2.24) is 10.2 Å². The van der Waals surface area contributed by atoms with Gasteiger partial charge in [0.25, 0.3) is 5.91 Å². The lowest BCUT2D eigenvalue weighted by Gasteiger charge is -2.05. The molecule has 0 aliphatic carbocycles. The molecule has 0 spiro atoms. The lowest BCUT2D eigenvalue weighted by atomic mass is 10.2. The third-order valence-corrected chi connectivity index (χ3v) is 2.84. The summed E-state index contributed by atoms with van der Waals surface area (Å²) >= 11 is 0. The predicted molar refractivity (Wildman–Crippen MR) is 72.2 cm³/mol. The summed E-state index contributed by atoms with van der Waals surface area (Å²) in [4.78, 5) is 12.1. The summed E-state index contributed by atoms with van der Waals surface area (Å²) in [5.74, 6) is -0.338. The molecule has 3 rings (SSSR count). The Hall–Kier alpha value is -2.82. The Morgan fingerprint density at radius 1 is 1.11 bits per heavy atom. The minimum atomic E-state index is -0.362. The molecule has 0 fully saturated rings. The van der Waals surface area contributed by atoms with E-state index in [1.165, 1.54) is 6.07 Å². The topological polar surface area (TPSA) is 78.0 Å². The number of carbonyl (C=O) groups is 1. The number of fused-ring (bicyclic) bond motifs is 1. The maximum Gasteiger partial charge on any atom is 0.276 e. The van der Waals surface area contributed by atoms with Crippen molar-refractivity contribution in [3.8, 4) is 5.75 Å². The maximum atomic E-state index is 12.1. The molecule has 0 bridgehead atoms. The van der Waals surface area contributed by atoms with Gasteiger partial charge in [0, 0.05) is 5.39 Å². The number of rotatable bonds is 2. The first-order valence-electron chi connectivity index (χ1n) is 5.78. The van der Waals surface area contributed by atoms with Gasteiger partial charge in [0.1, 0.15) is 5.75 Å². The van der Waals surface area contributed by atoms with Crippen LogP contribution < -0.4 is 5.32 Å². The molecule has 5 heteroatoms. The van der Waals surface area contributed by atoms with Crippen LogP contribution in [-0.2, 0) is 0 Å². The quantitative estimate of drug-likeness (QED) is 0.614. The first-order chi connectivity index (χ1) is 9.25. The van der Waals surface area contributed by atoms with Gasteiger partial charge in [-0.2, -0.15) is 5.10 Å². The van der Waals surface area contributed by atoms with Gasteiger partial charge in [-0.25, -0.2) is 0 Å². The molecule has 94 valence electrons. The Balaban J connectivity index is 1.95. The van der Waals surface area contributed by atoms with Gasteiger partial charge >= 0.3 is 0 Å². The number of H-pyrrole nitrogens is 1. The molecule has 0 atom stereocenters. The van der Waals surface area contributed by atoms with E-state index in [9.17, 15) is 9.90 Å². The van der Waals surface area contributed by atoms with Gasteiger partial charge in [-0.05, 0) is 18.2 Å². The van der Waals surface area contributed by atoms with Crippen molar-refractivity contribution < 1.29 is 9.90 Å². The minimum Gasteiger partial charge on any atom is -0.506 e. The highest BCUT2D eigenvalue weighted by atomic mass is 16.3. The first-order valence-corrected chi connectivity index (χ1v) is 5.78. The maximum absolute atomic E-state index is 12.1. The van der Waals surface area contributed by atoms with E-state index < -0.39 is 0 Å². The second kappa shape index (κ2) is 4.45. The average Bonchev–Trinajstić information content (AvgIpc) is 2.85. The number of benzene rings is 2. The zero-order chi connectivity index (χ0) is 13.2. The standard InChI is InChI=1S/C14H11N3O2/c18-12-8-4-3-7-11(12)15-14(19)13-9-5-1-2-6-10(9)16-17-13/h1-8,18H,(H,15,19)(H,16,17). The molecule has 19 heavy (non-hydrogen) atoms. The number of nitrogens with zero attached hydrogens (tertiary/aromatic N) is 1. The van der Waals surface area contributed by atoms with Crippen molar-refractivity contribution in [3.63, 3.8) is 0 Å². The van der Waals surface area contributed by atoms with E-state index in [1.54, 1.807) is 18.2 Å². The highest BCUT2D eigenvalue weighted by Crippen LogP contribution is 2.23. The third-order valence-electron chi connectivity index (χ3n) is 2.84. The van der Waals surface area contributed by atoms with E-state index in [1.807, 2.05) is 24.3 Å². The second-order valence-electron chi connectivity index (χ2n) is 4.09. The predicted octanol–water partition coefficient (Wildman–Crippen LogP) is 2.52. The summed E-state index contributed by atoms with van der Waals surface area (Å²) < 4.78 is 0. The molecule has 5 nitrogen and oxygen atoms in total. The first kappa shape index (κ1) is 11.3. The Morgan fingerprint density at radius 2 is 1.84 bits per heavy atom. The van der Waals surface area contributed by atoms with Crippen molar-refractivity contribution >= 4 is 22.5 Å². The van der Waals surface area contributed by atoms with Crippen LogP contribution in [0.3, 0.4) is 0 Å². The molecule has 0 aliphatic rings. The third kappa shape index (κ3) is 2.01. The molecule has 1 heterocycles. The Labute approximate surface area is 108 Å². The van der Waals surface area contributed by atoms with Gasteiger partial charge in [0.15, 0.2) is 5.69 Å². The van der Waals surface area contributed by atoms with Gasteiger partial charge in [-0.1, -0.05) is 30.3 Å². The summed E-state index contributed by atoms with van der Waals surface area (Å²) in [5, 5.41) is 19.8. The van der Waals surface area contributed by atoms with Gasteiger partial charge in [-0.3, -0.25) is 9.89 Å². The summed E-state index contributed by atoms with van der Waals surface area (Å²) in [7, 11) is 0. The monoisotopic (exact) mass is 253 g/mol. The molecule has 1 amide bonds. The summed E-state index contributed by atoms with van der Waals surface area (Å²) in [6, 6.07) is 13.9. The number of nitrogens with one attached hydrogen (secondary N) is 2. The van der Waals surface area contributed by atoms with Crippen LogP contribution in [0.15, 0.2) is 48.5 Å². The van der Waals surface area contributed by atoms with Crippen LogP contribution in [0, 0.1) is 0 Å². The lowest BCUT2D eigenvalue weighted by Crippen LogP contribution is -2.12. The van der Waals surface area contributed by atoms with E-state index in [0.29, 0.717) is 11.4 Å². The minimum absolute atomic E-state index is 0.0238. The van der Waals surface area contributed by atoms with Crippen molar-refractivity contribution in [2.24, 2.45) is 0 Å². The fourth-order valence-electron chi connectivity index (χ4n) is 1.90. The number of aromatic hydroxyl groups is 1. The van der Waals surface area contributed by atoms with Crippen LogP contribution in [-0.4, -0.2) is 21.2 Å². The Morgan fingerprint density at radius 3 is 2.68 bits per heavy atom. The fraction of sp³-hybridized carbons (Fsp3) is 0. The molecule has 3 aromatic rings. The van der Waals surface area contributed by atoms with Crippen LogP contribution >= 0.6 is 0 Å². The normalized spacial score (nSPS) is 10.5. The molecule has 2 aromatic carbocycles. The number of phenols is 1. The number of hydrogen-bond acceptors (Lipinski definition) is 3. The van der Waals surface area contributed by atoms with E-state index in [0.717, 1.165) is 10.9 Å². The van der Waals surface area contributed by atoms with Crippen molar-refractivity contribution in [2.75, 3.05) is 5.32 Å². The summed E-state index contributed by atoms with van der Waals surface area (Å²) in [6.07, 6.45) is 0. The van der Waals surface area contributed by atoms with E-state index in [2.05, 4.69) is 15.5 Å². The summed E-state index contributed by atoms with van der Waals surface area (Å²) in [5.41, 5.74) is 1.46. The smallest absolute Gasteiger partial charge is 0.276 e. The largest absolute Gasteiger partial charge is 0.506 e. The van der Waals surface area contributed by atoms with Gasteiger partial charge < -0.3 is 10.4 Å². The van der Waals surface area contributed by atoms with E-state index >= 15 is 0 Å². The van der Waals surface area contributed by atoms with Crippen LogP contribution in [0.1, 0.15) is 10.5 Å². The van der Waals surface area contributed by atoms with E-state index in [-0.39, 0.29) is 11.7 Å². The SMILES string of the molecule is O=C(Nc1ccccc1O)c1n[nH]c2ccccc12. The van der Waals surface area contributed by atoms with Crippen LogP contribution in [0.4, 0.5) is 5.69 Å². The number of aromatic nitrogens is 2. The van der Waals surface area contributed by atoms with Crippen molar-refractivity contribution in [1.29, 1.82) is 0 Å². The number of anilines is 1. The molecule has 3 N–H and O–H groups in total. The van der Waals surface area contributed by atoms with Crippen LogP contribution in [0.2, 0.25) is 0 Å². The lowest BCUT2D eigenvalue weighted by molar-refractivity contribution is 0.102. The molecular formula is C14H11N3O2. The van der Waals surface area contributed by atoms with Gasteiger partial charge in [-0.15, -0.1) is 0 Å². The number of para-hydroxylation sites is 3. The second-order valence-corrected chi connectivity index (χ2v) is 4.09. The summed E-state index contributed by atoms with van der Waals surface area (Å²) in [6.45, 7) is 0. The molecule has 0 radical (unpaired) electrons. The number of aromatic amines is 1. The van der Waals surface area contributed by atoms with Gasteiger partial charge in [0.2, 0.25) is 0 Å². The zero-order valence-electron chi connectivity index (χ0n) is 9.92. The number of carbonyl (C=O) groups excluding carboxylic acids is 1. The molecule has 1 aromatic heterocycles. The molecule has 0 unspecified atom stereocenters. The number of amides is 1. The number of hydrogen-bond donors (Lipinski definition) is 3. The highest BCUT2D eigenvalue weighted by molar-refractivity contribution is 6.11. The Kier molecular flexibility index (Phi) is 2.64. The molecule has 0 saturated carbocycles. The molecular weight excluding hydrogens is 242 g/mol. The highest BCUT2D eigenvalue weighted by Gasteiger charge is 2.14. The van der Waals surface area contributed by atoms with E-state index in [4.69, 9.17) is 0 Å². The Bertz CT molecular complexity index is 749. The van der Waals surface area contributed by atoms with Crippen molar-refractivity contribution in [3.05, 3.63) is 54.2 Å². The molecule has 0 aliphatic heterocycles. The van der Waals surface area contributed by atoms with Gasteiger partial charge in [0.05, 0.1) is 11.2 Å². The van der Waals surface area contributed by atoms with Crippen LogP contribution in [0.25, 0.3) is 10.9 Å². The molecule has 0 saturated heterocycles. The average molecular weight is 253 g/mol. The zero-order valence-corrected chi connectivity index (χ0v) is 9.92. The van der Waals surface area contributed by atoms with Crippen molar-refractivity contribution in [2.45, 2.75) is 0 Å². The van der Waals surface area contributed by atoms with Crippen LogP contribution in [0.5, 0.6) is 5.75 Å². The fourth-order valence-corrected chi connectivity index (χ4v) is 1.90.